The first-order chi connectivity index (χ1) is 13.0. The Morgan fingerprint density at radius 3 is 2.68 bits per heavy atom. The van der Waals surface area contributed by atoms with Gasteiger partial charge in [-0.25, -0.2) is 0 Å². The van der Waals surface area contributed by atoms with Crippen molar-refractivity contribution in [2.24, 2.45) is 7.05 Å². The standard InChI is InChI=1S/C15H13ClF3N3O4S2/c1-3-25-14(27)28-7-8-6-9(4-5-10(8)22(23)24)26-13-11(16)12(15(17,18)19)21(2)20-13/h4-6H,3,7H2,1-2H3. The third-order valence-corrected chi connectivity index (χ3v) is 4.92. The summed E-state index contributed by atoms with van der Waals surface area (Å²) in [5, 5.41) is 14.1. The summed E-state index contributed by atoms with van der Waals surface area (Å²) in [6.45, 7) is 2.10. The summed E-state index contributed by atoms with van der Waals surface area (Å²) < 4.78 is 50.2. The van der Waals surface area contributed by atoms with Crippen LogP contribution in [0.2, 0.25) is 5.02 Å². The third kappa shape index (κ3) is 5.26. The minimum absolute atomic E-state index is 0.0391. The minimum Gasteiger partial charge on any atom is -0.479 e. The molecule has 1 aromatic heterocycles. The molecule has 1 heterocycles. The first kappa shape index (κ1) is 22.2. The molecule has 0 radical (unpaired) electrons. The molecule has 13 heteroatoms. The maximum absolute atomic E-state index is 13.0. The van der Waals surface area contributed by atoms with Crippen molar-refractivity contribution in [3.8, 4) is 11.6 Å². The second-order valence-corrected chi connectivity index (χ2v) is 7.17. The highest BCUT2D eigenvalue weighted by molar-refractivity contribution is 8.22. The molecule has 0 aliphatic carbocycles. The first-order valence-electron chi connectivity index (χ1n) is 7.59. The summed E-state index contributed by atoms with van der Waals surface area (Å²) in [4.78, 5) is 10.6. The molecule has 0 saturated carbocycles. The topological polar surface area (TPSA) is 79.4 Å². The van der Waals surface area contributed by atoms with Crippen molar-refractivity contribution in [1.29, 1.82) is 0 Å². The van der Waals surface area contributed by atoms with E-state index in [1.54, 1.807) is 6.92 Å². The number of halogens is 4. The maximum Gasteiger partial charge on any atom is 0.434 e. The number of ether oxygens (including phenoxy) is 2. The molecule has 28 heavy (non-hydrogen) atoms. The molecule has 0 spiro atoms. The number of aromatic nitrogens is 2. The highest BCUT2D eigenvalue weighted by Gasteiger charge is 2.39. The third-order valence-electron chi connectivity index (χ3n) is 3.30. The van der Waals surface area contributed by atoms with Crippen LogP contribution in [0.25, 0.3) is 0 Å². The molecule has 0 amide bonds. The molecule has 0 bridgehead atoms. The van der Waals surface area contributed by atoms with Crippen LogP contribution in [-0.2, 0) is 23.7 Å². The zero-order chi connectivity index (χ0) is 21.1. The van der Waals surface area contributed by atoms with Gasteiger partial charge in [0.15, 0.2) is 5.69 Å². The van der Waals surface area contributed by atoms with Crippen molar-refractivity contribution in [3.63, 3.8) is 0 Å². The van der Waals surface area contributed by atoms with Crippen molar-refractivity contribution in [2.75, 3.05) is 6.61 Å². The summed E-state index contributed by atoms with van der Waals surface area (Å²) in [5.74, 6) is -0.318. The van der Waals surface area contributed by atoms with Crippen LogP contribution in [0.5, 0.6) is 11.6 Å². The zero-order valence-electron chi connectivity index (χ0n) is 14.4. The molecule has 0 saturated heterocycles. The Hall–Kier alpha value is -2.05. The fourth-order valence-corrected chi connectivity index (χ4v) is 3.48. The summed E-state index contributed by atoms with van der Waals surface area (Å²) in [6, 6.07) is 3.74. The smallest absolute Gasteiger partial charge is 0.434 e. The number of benzene rings is 1. The molecule has 2 rings (SSSR count). The number of nitro benzene ring substituents is 1. The van der Waals surface area contributed by atoms with Gasteiger partial charge in [0.05, 0.1) is 11.5 Å². The molecular formula is C15H13ClF3N3O4S2. The van der Waals surface area contributed by atoms with Crippen LogP contribution in [0.4, 0.5) is 18.9 Å². The van der Waals surface area contributed by atoms with E-state index in [-0.39, 0.29) is 27.1 Å². The number of nitrogens with zero attached hydrogens (tertiary/aromatic N) is 3. The minimum atomic E-state index is -4.72. The van der Waals surface area contributed by atoms with Crippen LogP contribution in [0.1, 0.15) is 18.2 Å². The van der Waals surface area contributed by atoms with Crippen molar-refractivity contribution in [3.05, 3.63) is 44.6 Å². The van der Waals surface area contributed by atoms with E-state index in [4.69, 9.17) is 33.3 Å². The lowest BCUT2D eigenvalue weighted by Gasteiger charge is -2.08. The van der Waals surface area contributed by atoms with Crippen LogP contribution < -0.4 is 4.74 Å². The van der Waals surface area contributed by atoms with E-state index in [9.17, 15) is 23.3 Å². The number of hydrogen-bond acceptors (Lipinski definition) is 7. The molecule has 0 N–H and O–H groups in total. The Kier molecular flexibility index (Phi) is 7.12. The van der Waals surface area contributed by atoms with Gasteiger partial charge in [-0.15, -0.1) is 5.10 Å². The predicted molar refractivity (Wildman–Crippen MR) is 102 cm³/mol. The number of thioether (sulfide) groups is 1. The first-order valence-corrected chi connectivity index (χ1v) is 9.36. The average Bonchev–Trinajstić information content (AvgIpc) is 2.86. The number of aryl methyl sites for hydroxylation is 1. The van der Waals surface area contributed by atoms with E-state index >= 15 is 0 Å². The summed E-state index contributed by atoms with van der Waals surface area (Å²) in [7, 11) is 1.08. The van der Waals surface area contributed by atoms with Gasteiger partial charge in [-0.2, -0.15) is 13.2 Å². The number of rotatable bonds is 6. The second kappa shape index (κ2) is 8.97. The van der Waals surface area contributed by atoms with Gasteiger partial charge in [-0.3, -0.25) is 14.8 Å². The lowest BCUT2D eigenvalue weighted by atomic mass is 10.2. The second-order valence-electron chi connectivity index (χ2n) is 5.21. The van der Waals surface area contributed by atoms with Crippen molar-refractivity contribution in [2.45, 2.75) is 18.9 Å². The summed E-state index contributed by atoms with van der Waals surface area (Å²) in [5.41, 5.74) is -1.11. The van der Waals surface area contributed by atoms with Crippen molar-refractivity contribution < 1.29 is 27.6 Å². The number of thiocarbonyl (C=S) groups is 1. The number of alkyl halides is 3. The Bertz CT molecular complexity index is 905. The molecule has 152 valence electrons. The van der Waals surface area contributed by atoms with E-state index in [0.29, 0.717) is 11.3 Å². The highest BCUT2D eigenvalue weighted by Crippen LogP contribution is 2.40. The van der Waals surface area contributed by atoms with Crippen molar-refractivity contribution >= 4 is 45.7 Å². The molecular weight excluding hydrogens is 443 g/mol. The Morgan fingerprint density at radius 2 is 2.14 bits per heavy atom. The molecule has 0 aliphatic rings. The van der Waals surface area contributed by atoms with Crippen molar-refractivity contribution in [1.82, 2.24) is 9.78 Å². The van der Waals surface area contributed by atoms with Gasteiger partial charge in [-0.1, -0.05) is 23.4 Å². The zero-order valence-corrected chi connectivity index (χ0v) is 16.8. The van der Waals surface area contributed by atoms with Crippen LogP contribution >= 0.6 is 35.6 Å². The molecule has 0 aliphatic heterocycles. The van der Waals surface area contributed by atoms with Gasteiger partial charge >= 0.3 is 6.18 Å². The van der Waals surface area contributed by atoms with Gasteiger partial charge in [0, 0.05) is 24.4 Å². The monoisotopic (exact) mass is 455 g/mol. The maximum atomic E-state index is 13.0. The SMILES string of the molecule is CCOC(=S)SCc1cc(Oc2nn(C)c(C(F)(F)F)c2Cl)ccc1[N+](=O)[O-]. The lowest BCUT2D eigenvalue weighted by molar-refractivity contribution is -0.385. The van der Waals surface area contributed by atoms with E-state index in [1.807, 2.05) is 0 Å². The molecule has 0 fully saturated rings. The Balaban J connectivity index is 2.31. The normalized spacial score (nSPS) is 11.4. The van der Waals surface area contributed by atoms with Gasteiger partial charge in [-0.05, 0) is 31.3 Å². The van der Waals surface area contributed by atoms with Crippen LogP contribution in [0, 0.1) is 10.1 Å². The van der Waals surface area contributed by atoms with Gasteiger partial charge < -0.3 is 9.47 Å². The fourth-order valence-electron chi connectivity index (χ4n) is 2.17. The summed E-state index contributed by atoms with van der Waals surface area (Å²) in [6.07, 6.45) is -4.72. The molecule has 1 aromatic carbocycles. The largest absolute Gasteiger partial charge is 0.479 e. The summed E-state index contributed by atoms with van der Waals surface area (Å²) >= 11 is 11.8. The quantitative estimate of drug-likeness (QED) is 0.330. The average molecular weight is 456 g/mol. The van der Waals surface area contributed by atoms with Crippen LogP contribution in [0.3, 0.4) is 0 Å². The van der Waals surface area contributed by atoms with Gasteiger partial charge in [0.2, 0.25) is 4.38 Å². The lowest BCUT2D eigenvalue weighted by Crippen LogP contribution is -2.12. The van der Waals surface area contributed by atoms with E-state index in [1.165, 1.54) is 18.2 Å². The predicted octanol–water partition coefficient (Wildman–Crippen LogP) is 5.35. The highest BCUT2D eigenvalue weighted by atomic mass is 35.5. The van der Waals surface area contributed by atoms with E-state index < -0.39 is 27.7 Å². The Labute approximate surface area is 171 Å². The van der Waals surface area contributed by atoms with E-state index in [0.717, 1.165) is 18.8 Å². The molecule has 0 atom stereocenters. The molecule has 7 nitrogen and oxygen atoms in total. The molecule has 0 unspecified atom stereocenters. The van der Waals surface area contributed by atoms with Crippen LogP contribution in [-0.4, -0.2) is 25.7 Å². The van der Waals surface area contributed by atoms with Gasteiger partial charge in [0.1, 0.15) is 10.8 Å². The number of nitro groups is 1. The van der Waals surface area contributed by atoms with Crippen LogP contribution in [0.15, 0.2) is 18.2 Å². The van der Waals surface area contributed by atoms with Gasteiger partial charge in [0.25, 0.3) is 11.6 Å². The van der Waals surface area contributed by atoms with E-state index in [2.05, 4.69) is 5.10 Å². The number of hydrogen-bond donors (Lipinski definition) is 0. The fraction of sp³-hybridized carbons (Fsp3) is 0.333. The molecule has 2 aromatic rings. The Morgan fingerprint density at radius 1 is 1.46 bits per heavy atom.